The van der Waals surface area contributed by atoms with Crippen LogP contribution < -0.4 is 15.5 Å². The van der Waals surface area contributed by atoms with Crippen molar-refractivity contribution in [2.24, 2.45) is 0 Å². The van der Waals surface area contributed by atoms with Crippen LogP contribution in [0.15, 0.2) is 42.5 Å². The second kappa shape index (κ2) is 7.39. The molecule has 0 unspecified atom stereocenters. The lowest BCUT2D eigenvalue weighted by atomic mass is 10.1. The number of hydrogen-bond donors (Lipinski definition) is 2. The molecule has 3 amide bonds. The summed E-state index contributed by atoms with van der Waals surface area (Å²) in [5.41, 5.74) is 3.48. The predicted octanol–water partition coefficient (Wildman–Crippen LogP) is 3.33. The molecular formula is C20H21N3O3. The molecule has 6 heteroatoms. The lowest BCUT2D eigenvalue weighted by Crippen LogP contribution is -2.23. The lowest BCUT2D eigenvalue weighted by molar-refractivity contribution is -0.117. The van der Waals surface area contributed by atoms with Crippen molar-refractivity contribution in [3.05, 3.63) is 53.6 Å². The Labute approximate surface area is 152 Å². The van der Waals surface area contributed by atoms with Crippen LogP contribution in [0.3, 0.4) is 0 Å². The van der Waals surface area contributed by atoms with Crippen molar-refractivity contribution in [3.8, 4) is 0 Å². The van der Waals surface area contributed by atoms with E-state index in [-0.39, 0.29) is 17.7 Å². The largest absolute Gasteiger partial charge is 0.326 e. The zero-order valence-electron chi connectivity index (χ0n) is 14.8. The number of carbonyl (C=O) groups excluding carboxylic acids is 3. The number of rotatable bonds is 4. The minimum Gasteiger partial charge on any atom is -0.326 e. The molecular weight excluding hydrogens is 330 g/mol. The summed E-state index contributed by atoms with van der Waals surface area (Å²) >= 11 is 0. The molecule has 0 atom stereocenters. The summed E-state index contributed by atoms with van der Waals surface area (Å²) in [4.78, 5) is 37.2. The van der Waals surface area contributed by atoms with Gasteiger partial charge in [-0.05, 0) is 55.3 Å². The number of nitrogens with zero attached hydrogens (tertiary/aromatic N) is 1. The van der Waals surface area contributed by atoms with Gasteiger partial charge in [0.2, 0.25) is 11.8 Å². The van der Waals surface area contributed by atoms with Gasteiger partial charge < -0.3 is 15.5 Å². The monoisotopic (exact) mass is 351 g/mol. The van der Waals surface area contributed by atoms with Gasteiger partial charge in [0.25, 0.3) is 5.91 Å². The smallest absolute Gasteiger partial charge is 0.255 e. The number of benzene rings is 2. The fourth-order valence-electron chi connectivity index (χ4n) is 2.95. The fourth-order valence-corrected chi connectivity index (χ4v) is 2.95. The zero-order chi connectivity index (χ0) is 18.7. The molecule has 0 bridgehead atoms. The number of anilines is 3. The van der Waals surface area contributed by atoms with E-state index in [4.69, 9.17) is 0 Å². The van der Waals surface area contributed by atoms with E-state index in [0.29, 0.717) is 23.4 Å². The fraction of sp³-hybridized carbons (Fsp3) is 0.250. The van der Waals surface area contributed by atoms with Gasteiger partial charge in [-0.1, -0.05) is 6.07 Å². The quantitative estimate of drug-likeness (QED) is 0.887. The first-order valence-corrected chi connectivity index (χ1v) is 8.54. The molecule has 2 aromatic carbocycles. The summed E-state index contributed by atoms with van der Waals surface area (Å²) in [5, 5.41) is 5.57. The number of aryl methyl sites for hydroxylation is 1. The highest BCUT2D eigenvalue weighted by Crippen LogP contribution is 2.23. The van der Waals surface area contributed by atoms with Gasteiger partial charge in [-0.25, -0.2) is 0 Å². The van der Waals surface area contributed by atoms with Gasteiger partial charge in [0.1, 0.15) is 0 Å². The first-order valence-electron chi connectivity index (χ1n) is 8.54. The van der Waals surface area contributed by atoms with E-state index in [2.05, 4.69) is 10.6 Å². The second-order valence-electron chi connectivity index (χ2n) is 6.36. The highest BCUT2D eigenvalue weighted by atomic mass is 16.2. The molecule has 0 radical (unpaired) electrons. The summed E-state index contributed by atoms with van der Waals surface area (Å²) in [6.07, 6.45) is 1.44. The van der Waals surface area contributed by atoms with Gasteiger partial charge in [0.05, 0.1) is 0 Å². The Kier molecular flexibility index (Phi) is 5.02. The van der Waals surface area contributed by atoms with E-state index in [1.54, 1.807) is 41.3 Å². The molecule has 2 N–H and O–H groups in total. The predicted molar refractivity (Wildman–Crippen MR) is 101 cm³/mol. The molecule has 0 spiro atoms. The molecule has 6 nitrogen and oxygen atoms in total. The van der Waals surface area contributed by atoms with Gasteiger partial charge in [-0.2, -0.15) is 0 Å². The van der Waals surface area contributed by atoms with E-state index in [1.165, 1.54) is 6.92 Å². The maximum Gasteiger partial charge on any atom is 0.255 e. The number of amides is 3. The minimum atomic E-state index is -0.243. The van der Waals surface area contributed by atoms with Crippen LogP contribution in [-0.4, -0.2) is 24.3 Å². The van der Waals surface area contributed by atoms with Crippen LogP contribution in [0, 0.1) is 6.92 Å². The summed E-state index contributed by atoms with van der Waals surface area (Å²) < 4.78 is 0. The summed E-state index contributed by atoms with van der Waals surface area (Å²) in [5.74, 6) is -0.293. The first-order chi connectivity index (χ1) is 12.4. The van der Waals surface area contributed by atoms with Crippen molar-refractivity contribution in [2.45, 2.75) is 26.7 Å². The zero-order valence-corrected chi connectivity index (χ0v) is 14.8. The molecule has 1 aliphatic heterocycles. The van der Waals surface area contributed by atoms with Crippen molar-refractivity contribution in [1.29, 1.82) is 0 Å². The molecule has 1 heterocycles. The Hall–Kier alpha value is -3.15. The van der Waals surface area contributed by atoms with Crippen molar-refractivity contribution >= 4 is 34.8 Å². The van der Waals surface area contributed by atoms with Crippen molar-refractivity contribution in [3.63, 3.8) is 0 Å². The molecule has 2 aromatic rings. The Bertz CT molecular complexity index is 859. The maximum absolute atomic E-state index is 12.5. The highest BCUT2D eigenvalue weighted by molar-refractivity contribution is 6.05. The molecule has 26 heavy (non-hydrogen) atoms. The third-order valence-corrected chi connectivity index (χ3v) is 4.32. The SMILES string of the molecule is CC(=O)Nc1ccc(C)c(NC(=O)c2ccc(N3CCCC3=O)cc2)c1. The van der Waals surface area contributed by atoms with Crippen LogP contribution in [-0.2, 0) is 9.59 Å². The first kappa shape index (κ1) is 17.7. The summed E-state index contributed by atoms with van der Waals surface area (Å²) in [7, 11) is 0. The van der Waals surface area contributed by atoms with Crippen molar-refractivity contribution < 1.29 is 14.4 Å². The lowest BCUT2D eigenvalue weighted by Gasteiger charge is -2.16. The van der Waals surface area contributed by atoms with Crippen LogP contribution >= 0.6 is 0 Å². The highest BCUT2D eigenvalue weighted by Gasteiger charge is 2.21. The topological polar surface area (TPSA) is 78.5 Å². The van der Waals surface area contributed by atoms with E-state index >= 15 is 0 Å². The minimum absolute atomic E-state index is 0.118. The Morgan fingerprint density at radius 1 is 1.04 bits per heavy atom. The molecule has 134 valence electrons. The van der Waals surface area contributed by atoms with Crippen LogP contribution in [0.1, 0.15) is 35.7 Å². The van der Waals surface area contributed by atoms with E-state index in [1.807, 2.05) is 13.0 Å². The van der Waals surface area contributed by atoms with Crippen LogP contribution in [0.5, 0.6) is 0 Å². The Morgan fingerprint density at radius 2 is 1.77 bits per heavy atom. The van der Waals surface area contributed by atoms with Gasteiger partial charge in [-0.3, -0.25) is 14.4 Å². The molecule has 1 aliphatic rings. The van der Waals surface area contributed by atoms with E-state index in [9.17, 15) is 14.4 Å². The molecule has 0 aromatic heterocycles. The van der Waals surface area contributed by atoms with Gasteiger partial charge >= 0.3 is 0 Å². The summed E-state index contributed by atoms with van der Waals surface area (Å²) in [6.45, 7) is 4.04. The molecule has 0 saturated carbocycles. The standard InChI is InChI=1S/C20H21N3O3/c1-13-5-8-16(21-14(2)24)12-18(13)22-20(26)15-6-9-17(10-7-15)23-11-3-4-19(23)25/h5-10,12H,3-4,11H2,1-2H3,(H,21,24)(H,22,26). The van der Waals surface area contributed by atoms with Crippen LogP contribution in [0.2, 0.25) is 0 Å². The number of carbonyl (C=O) groups is 3. The maximum atomic E-state index is 12.5. The van der Waals surface area contributed by atoms with Gasteiger partial charge in [0.15, 0.2) is 0 Å². The van der Waals surface area contributed by atoms with Crippen LogP contribution in [0.4, 0.5) is 17.1 Å². The van der Waals surface area contributed by atoms with E-state index in [0.717, 1.165) is 24.2 Å². The van der Waals surface area contributed by atoms with Gasteiger partial charge in [-0.15, -0.1) is 0 Å². The third-order valence-electron chi connectivity index (χ3n) is 4.32. The van der Waals surface area contributed by atoms with Crippen molar-refractivity contribution in [1.82, 2.24) is 0 Å². The number of nitrogens with one attached hydrogen (secondary N) is 2. The van der Waals surface area contributed by atoms with Gasteiger partial charge in [0, 0.05) is 42.5 Å². The molecule has 3 rings (SSSR count). The Balaban J connectivity index is 1.74. The van der Waals surface area contributed by atoms with E-state index < -0.39 is 0 Å². The summed E-state index contributed by atoms with van der Waals surface area (Å²) in [6, 6.07) is 12.4. The molecule has 1 fully saturated rings. The second-order valence-corrected chi connectivity index (χ2v) is 6.36. The average molecular weight is 351 g/mol. The normalized spacial score (nSPS) is 13.6. The molecule has 1 saturated heterocycles. The third kappa shape index (κ3) is 3.91. The van der Waals surface area contributed by atoms with Crippen molar-refractivity contribution in [2.75, 3.05) is 22.1 Å². The molecule has 0 aliphatic carbocycles. The Morgan fingerprint density at radius 3 is 2.38 bits per heavy atom. The average Bonchev–Trinajstić information content (AvgIpc) is 3.03. The number of hydrogen-bond acceptors (Lipinski definition) is 3. The van der Waals surface area contributed by atoms with Crippen LogP contribution in [0.25, 0.3) is 0 Å².